The molecule has 0 aliphatic rings. The normalized spacial score (nSPS) is 11.8. The fraction of sp³-hybridized carbons (Fsp3) is 0.615. The Morgan fingerprint density at radius 3 is 2.75 bits per heavy atom. The molecule has 112 valence electrons. The van der Waals surface area contributed by atoms with Crippen LogP contribution in [-0.4, -0.2) is 39.7 Å². The molecular formula is C13H22N4O3. The highest BCUT2D eigenvalue weighted by atomic mass is 16.4. The molecular weight excluding hydrogens is 260 g/mol. The topological polar surface area (TPSA) is 96.3 Å². The molecule has 20 heavy (non-hydrogen) atoms. The fourth-order valence-corrected chi connectivity index (χ4v) is 1.72. The van der Waals surface area contributed by atoms with Gasteiger partial charge in [-0.1, -0.05) is 6.92 Å². The molecule has 1 unspecified atom stereocenters. The largest absolute Gasteiger partial charge is 0.481 e. The van der Waals surface area contributed by atoms with Crippen molar-refractivity contribution in [2.24, 2.45) is 5.92 Å². The Balaban J connectivity index is 2.03. The van der Waals surface area contributed by atoms with Crippen LogP contribution in [0.4, 0.5) is 4.79 Å². The molecule has 0 aliphatic carbocycles. The summed E-state index contributed by atoms with van der Waals surface area (Å²) in [6.07, 6.45) is 7.71. The van der Waals surface area contributed by atoms with Gasteiger partial charge in [0, 0.05) is 32.0 Å². The number of imidazole rings is 1. The van der Waals surface area contributed by atoms with E-state index >= 15 is 0 Å². The molecule has 3 N–H and O–H groups in total. The number of unbranched alkanes of at least 4 members (excludes halogenated alkanes) is 1. The van der Waals surface area contributed by atoms with E-state index in [1.54, 1.807) is 19.4 Å². The van der Waals surface area contributed by atoms with Gasteiger partial charge >= 0.3 is 12.0 Å². The number of hydrogen-bond acceptors (Lipinski definition) is 3. The van der Waals surface area contributed by atoms with Gasteiger partial charge in [0.05, 0.1) is 12.2 Å². The first-order chi connectivity index (χ1) is 9.63. The molecule has 7 nitrogen and oxygen atoms in total. The first kappa shape index (κ1) is 16.0. The maximum absolute atomic E-state index is 11.4. The first-order valence-electron chi connectivity index (χ1n) is 6.83. The lowest BCUT2D eigenvalue weighted by molar-refractivity contribution is -0.141. The summed E-state index contributed by atoms with van der Waals surface area (Å²) in [7, 11) is 0. The number of carboxylic acid groups (broad SMARTS) is 1. The van der Waals surface area contributed by atoms with Crippen molar-refractivity contribution in [3.63, 3.8) is 0 Å². The Kier molecular flexibility index (Phi) is 7.16. The smallest absolute Gasteiger partial charge is 0.314 e. The van der Waals surface area contributed by atoms with Gasteiger partial charge in [0.25, 0.3) is 0 Å². The summed E-state index contributed by atoms with van der Waals surface area (Å²) in [5.41, 5.74) is 0. The van der Waals surface area contributed by atoms with Gasteiger partial charge in [0.15, 0.2) is 0 Å². The van der Waals surface area contributed by atoms with Crippen molar-refractivity contribution in [3.05, 3.63) is 18.7 Å². The van der Waals surface area contributed by atoms with Crippen LogP contribution in [0.5, 0.6) is 0 Å². The summed E-state index contributed by atoms with van der Waals surface area (Å²) in [5.74, 6) is -1.41. The third-order valence-electron chi connectivity index (χ3n) is 3.04. The summed E-state index contributed by atoms with van der Waals surface area (Å²) in [6.45, 7) is 3.39. The number of carbonyl (C=O) groups is 2. The molecule has 7 heteroatoms. The zero-order chi connectivity index (χ0) is 14.8. The highest BCUT2D eigenvalue weighted by Gasteiger charge is 2.15. The minimum Gasteiger partial charge on any atom is -0.481 e. The maximum atomic E-state index is 11.4. The van der Waals surface area contributed by atoms with Gasteiger partial charge in [0.1, 0.15) is 0 Å². The number of hydrogen-bond donors (Lipinski definition) is 3. The van der Waals surface area contributed by atoms with Gasteiger partial charge in [-0.05, 0) is 19.3 Å². The monoisotopic (exact) mass is 282 g/mol. The van der Waals surface area contributed by atoms with Crippen LogP contribution in [0.2, 0.25) is 0 Å². The highest BCUT2D eigenvalue weighted by molar-refractivity contribution is 5.75. The lowest BCUT2D eigenvalue weighted by atomic mass is 10.1. The van der Waals surface area contributed by atoms with Crippen LogP contribution < -0.4 is 10.6 Å². The van der Waals surface area contributed by atoms with Gasteiger partial charge in [-0.3, -0.25) is 4.79 Å². The van der Waals surface area contributed by atoms with Crippen LogP contribution in [0.1, 0.15) is 26.2 Å². The Bertz CT molecular complexity index is 406. The summed E-state index contributed by atoms with van der Waals surface area (Å²) in [6, 6.07) is -0.313. The number of rotatable bonds is 9. The van der Waals surface area contributed by atoms with E-state index in [1.807, 2.05) is 10.8 Å². The molecule has 0 bridgehead atoms. The predicted octanol–water partition coefficient (Wildman–Crippen LogP) is 1.07. The number of aliphatic carboxylic acids is 1. The number of nitrogens with one attached hydrogen (secondary N) is 2. The lowest BCUT2D eigenvalue weighted by Crippen LogP contribution is -2.40. The molecule has 0 spiro atoms. The molecule has 0 fully saturated rings. The van der Waals surface area contributed by atoms with E-state index in [0.717, 1.165) is 19.4 Å². The standard InChI is InChI=1S/C13H22N4O3/c1-2-11(12(18)19)9-16-13(20)15-5-3-4-7-17-8-6-14-10-17/h6,8,10-11H,2-5,7,9H2,1H3,(H,18,19)(H2,15,16,20). The summed E-state index contributed by atoms with van der Waals surface area (Å²) in [5, 5.41) is 14.1. The number of carbonyl (C=O) groups excluding carboxylic acids is 1. The number of urea groups is 1. The van der Waals surface area contributed by atoms with Gasteiger partial charge < -0.3 is 20.3 Å². The fourth-order valence-electron chi connectivity index (χ4n) is 1.72. The minimum atomic E-state index is -0.881. The molecule has 1 rings (SSSR count). The second-order valence-electron chi connectivity index (χ2n) is 4.59. The first-order valence-corrected chi connectivity index (χ1v) is 6.83. The number of aromatic nitrogens is 2. The predicted molar refractivity (Wildman–Crippen MR) is 74.3 cm³/mol. The third-order valence-corrected chi connectivity index (χ3v) is 3.04. The van der Waals surface area contributed by atoms with Crippen LogP contribution in [0.15, 0.2) is 18.7 Å². The van der Waals surface area contributed by atoms with E-state index in [9.17, 15) is 9.59 Å². The van der Waals surface area contributed by atoms with Crippen molar-refractivity contribution >= 4 is 12.0 Å². The van der Waals surface area contributed by atoms with Crippen molar-refractivity contribution in [2.75, 3.05) is 13.1 Å². The average molecular weight is 282 g/mol. The molecule has 1 aromatic heterocycles. The van der Waals surface area contributed by atoms with Gasteiger partial charge in [-0.2, -0.15) is 0 Å². The lowest BCUT2D eigenvalue weighted by Gasteiger charge is -2.12. The van der Waals surface area contributed by atoms with E-state index in [-0.39, 0.29) is 12.6 Å². The number of carboxylic acids is 1. The van der Waals surface area contributed by atoms with Gasteiger partial charge in [-0.15, -0.1) is 0 Å². The molecule has 0 aromatic carbocycles. The van der Waals surface area contributed by atoms with Gasteiger partial charge in [0.2, 0.25) is 0 Å². The third kappa shape index (κ3) is 6.21. The second-order valence-corrected chi connectivity index (χ2v) is 4.59. The van der Waals surface area contributed by atoms with E-state index in [4.69, 9.17) is 5.11 Å². The molecule has 0 aliphatic heterocycles. The molecule has 0 saturated heterocycles. The molecule has 0 saturated carbocycles. The Hall–Kier alpha value is -2.05. The Morgan fingerprint density at radius 1 is 1.35 bits per heavy atom. The van der Waals surface area contributed by atoms with Crippen LogP contribution in [0, 0.1) is 5.92 Å². The number of amides is 2. The van der Waals surface area contributed by atoms with Crippen molar-refractivity contribution < 1.29 is 14.7 Å². The van der Waals surface area contributed by atoms with Crippen LogP contribution in [0.3, 0.4) is 0 Å². The zero-order valence-corrected chi connectivity index (χ0v) is 11.7. The quantitative estimate of drug-likeness (QED) is 0.590. The molecule has 1 aromatic rings. The van der Waals surface area contributed by atoms with Crippen LogP contribution in [0.25, 0.3) is 0 Å². The van der Waals surface area contributed by atoms with Crippen LogP contribution >= 0.6 is 0 Å². The van der Waals surface area contributed by atoms with Crippen LogP contribution in [-0.2, 0) is 11.3 Å². The summed E-state index contributed by atoms with van der Waals surface area (Å²) in [4.78, 5) is 26.2. The molecule has 0 radical (unpaired) electrons. The maximum Gasteiger partial charge on any atom is 0.314 e. The Morgan fingerprint density at radius 2 is 2.15 bits per heavy atom. The van der Waals surface area contributed by atoms with E-state index in [0.29, 0.717) is 13.0 Å². The number of aryl methyl sites for hydroxylation is 1. The number of nitrogens with zero attached hydrogens (tertiary/aromatic N) is 2. The minimum absolute atomic E-state index is 0.159. The van der Waals surface area contributed by atoms with Crippen molar-refractivity contribution in [1.82, 2.24) is 20.2 Å². The second kappa shape index (κ2) is 8.95. The summed E-state index contributed by atoms with van der Waals surface area (Å²) < 4.78 is 1.98. The average Bonchev–Trinajstić information content (AvgIpc) is 2.91. The van der Waals surface area contributed by atoms with Crippen molar-refractivity contribution in [1.29, 1.82) is 0 Å². The summed E-state index contributed by atoms with van der Waals surface area (Å²) >= 11 is 0. The molecule has 2 amide bonds. The van der Waals surface area contributed by atoms with E-state index in [2.05, 4.69) is 15.6 Å². The highest BCUT2D eigenvalue weighted by Crippen LogP contribution is 2.00. The van der Waals surface area contributed by atoms with Crippen molar-refractivity contribution in [3.8, 4) is 0 Å². The van der Waals surface area contributed by atoms with E-state index in [1.165, 1.54) is 0 Å². The van der Waals surface area contributed by atoms with Crippen molar-refractivity contribution in [2.45, 2.75) is 32.7 Å². The zero-order valence-electron chi connectivity index (χ0n) is 11.7. The van der Waals surface area contributed by atoms with E-state index < -0.39 is 11.9 Å². The SMILES string of the molecule is CCC(CNC(=O)NCCCCn1ccnc1)C(=O)O. The van der Waals surface area contributed by atoms with Gasteiger partial charge in [-0.25, -0.2) is 9.78 Å². The molecule has 1 atom stereocenters. The molecule has 1 heterocycles. The Labute approximate surface area is 118 Å².